The number of aromatic amines is 1. The summed E-state index contributed by atoms with van der Waals surface area (Å²) in [4.78, 5) is 22.0. The lowest BCUT2D eigenvalue weighted by Crippen LogP contribution is -2.63. The van der Waals surface area contributed by atoms with Crippen LogP contribution in [0.15, 0.2) is 21.4 Å². The van der Waals surface area contributed by atoms with Gasteiger partial charge in [-0.2, -0.15) is 0 Å². The lowest BCUT2D eigenvalue weighted by atomic mass is 9.72. The molecule has 2 aromatic heterocycles. The van der Waals surface area contributed by atoms with Gasteiger partial charge in [0.15, 0.2) is 5.82 Å². The molecule has 3 aromatic rings. The number of carbonyl (C=O) groups is 1. The average molecular weight is 645 g/mol. The van der Waals surface area contributed by atoms with Gasteiger partial charge in [0.25, 0.3) is 5.92 Å². The monoisotopic (exact) mass is 644 g/mol. The number of rotatable bonds is 6. The molecule has 3 fully saturated rings. The molecule has 1 aliphatic carbocycles. The molecule has 0 radical (unpaired) electrons. The van der Waals surface area contributed by atoms with Crippen molar-refractivity contribution in [2.45, 2.75) is 80.4 Å². The van der Waals surface area contributed by atoms with E-state index in [4.69, 9.17) is 14.3 Å². The number of aryl methyl sites for hydroxylation is 2. The molecule has 0 unspecified atom stereocenters. The molecular formula is C29H33F5N4O5S. The molecule has 9 nitrogen and oxygen atoms in total. The maximum absolute atomic E-state index is 16.5. The van der Waals surface area contributed by atoms with Crippen LogP contribution in [0.3, 0.4) is 0 Å². The first-order chi connectivity index (χ1) is 20.5. The molecule has 1 amide bonds. The number of sulfonamides is 1. The zero-order valence-corrected chi connectivity index (χ0v) is 25.0. The molecular weight excluding hydrogens is 611 g/mol. The molecule has 2 aliphatic heterocycles. The Morgan fingerprint density at radius 1 is 1.05 bits per heavy atom. The highest BCUT2D eigenvalue weighted by molar-refractivity contribution is 7.89. The maximum atomic E-state index is 16.5. The largest absolute Gasteiger partial charge is 0.465 e. The van der Waals surface area contributed by atoms with Crippen molar-refractivity contribution in [3.8, 4) is 0 Å². The second-order valence-electron chi connectivity index (χ2n) is 12.3. The van der Waals surface area contributed by atoms with Gasteiger partial charge >= 0.3 is 0 Å². The molecule has 240 valence electrons. The lowest BCUT2D eigenvalue weighted by Gasteiger charge is -2.46. The maximum Gasteiger partial charge on any atom is 0.282 e. The SMILES string of the molecule is Cc1oc(C)c(S(N)(=O)=O)c1[C@@H](c1nc2c(F)c(C3(C(=O)N4CC(F)(F)C4)CCOCC3)ccc2[nH]1)C1CCC(F)(F)CC1. The zero-order chi connectivity index (χ0) is 31.8. The molecule has 3 N–H and O–H groups in total. The molecule has 3 aliphatic rings. The number of nitrogens with one attached hydrogen (secondary N) is 1. The van der Waals surface area contributed by atoms with Crippen molar-refractivity contribution in [1.82, 2.24) is 14.9 Å². The van der Waals surface area contributed by atoms with Crippen LogP contribution < -0.4 is 5.14 Å². The lowest BCUT2D eigenvalue weighted by molar-refractivity contribution is -0.174. The van der Waals surface area contributed by atoms with E-state index in [9.17, 15) is 30.8 Å². The van der Waals surface area contributed by atoms with Crippen molar-refractivity contribution >= 4 is 27.0 Å². The van der Waals surface area contributed by atoms with Crippen LogP contribution >= 0.6 is 0 Å². The Bertz CT molecular complexity index is 1710. The van der Waals surface area contributed by atoms with Crippen molar-refractivity contribution in [2.24, 2.45) is 11.1 Å². The predicted molar refractivity (Wildman–Crippen MR) is 148 cm³/mol. The Morgan fingerprint density at radius 3 is 2.27 bits per heavy atom. The van der Waals surface area contributed by atoms with Gasteiger partial charge in [-0.25, -0.2) is 40.5 Å². The smallest absolute Gasteiger partial charge is 0.282 e. The van der Waals surface area contributed by atoms with E-state index in [-0.39, 0.29) is 83.3 Å². The highest BCUT2D eigenvalue weighted by Gasteiger charge is 2.54. The number of carbonyl (C=O) groups excluding carboxylic acids is 1. The van der Waals surface area contributed by atoms with Crippen LogP contribution in [0.25, 0.3) is 11.0 Å². The fraction of sp³-hybridized carbons (Fsp3) is 0.586. The van der Waals surface area contributed by atoms with Gasteiger partial charge in [0.05, 0.1) is 24.0 Å². The van der Waals surface area contributed by atoms with Crippen LogP contribution in [0.5, 0.6) is 0 Å². The fourth-order valence-electron chi connectivity index (χ4n) is 7.24. The highest BCUT2D eigenvalue weighted by Crippen LogP contribution is 2.48. The van der Waals surface area contributed by atoms with Gasteiger partial charge in [-0.15, -0.1) is 0 Å². The number of imidazole rings is 1. The third-order valence-corrected chi connectivity index (χ3v) is 10.5. The minimum Gasteiger partial charge on any atom is -0.465 e. The number of alkyl halides is 4. The Morgan fingerprint density at radius 2 is 1.68 bits per heavy atom. The summed E-state index contributed by atoms with van der Waals surface area (Å²) in [6, 6.07) is 2.96. The van der Waals surface area contributed by atoms with Gasteiger partial charge in [0.2, 0.25) is 21.9 Å². The third kappa shape index (κ3) is 5.19. The van der Waals surface area contributed by atoms with Crippen LogP contribution in [-0.2, 0) is 25.0 Å². The first-order valence-corrected chi connectivity index (χ1v) is 16.0. The predicted octanol–water partition coefficient (Wildman–Crippen LogP) is 5.04. The number of aromatic nitrogens is 2. The van der Waals surface area contributed by atoms with Crippen LogP contribution in [0.2, 0.25) is 0 Å². The van der Waals surface area contributed by atoms with E-state index in [0.29, 0.717) is 0 Å². The number of amides is 1. The number of hydrogen-bond acceptors (Lipinski definition) is 6. The molecule has 6 rings (SSSR count). The summed E-state index contributed by atoms with van der Waals surface area (Å²) in [7, 11) is -4.31. The Balaban J connectivity index is 1.48. The van der Waals surface area contributed by atoms with Gasteiger partial charge in [-0.1, -0.05) is 6.07 Å². The van der Waals surface area contributed by atoms with Crippen LogP contribution in [0.1, 0.15) is 72.9 Å². The molecule has 4 heterocycles. The Kier molecular flexibility index (Phi) is 7.40. The second-order valence-corrected chi connectivity index (χ2v) is 13.8. The fourth-order valence-corrected chi connectivity index (χ4v) is 8.26. The van der Waals surface area contributed by atoms with E-state index >= 15 is 4.39 Å². The summed E-state index contributed by atoms with van der Waals surface area (Å²) >= 11 is 0. The van der Waals surface area contributed by atoms with Gasteiger partial charge < -0.3 is 19.0 Å². The summed E-state index contributed by atoms with van der Waals surface area (Å²) in [5.41, 5.74) is -1.19. The Labute approximate surface area is 250 Å². The van der Waals surface area contributed by atoms with Gasteiger partial charge in [0, 0.05) is 43.1 Å². The van der Waals surface area contributed by atoms with Crippen molar-refractivity contribution in [3.63, 3.8) is 0 Å². The number of benzene rings is 1. The molecule has 1 saturated carbocycles. The standard InChI is InChI=1S/C29H33F5N4O5S/c1-15-20(24(16(2)43-15)44(35,40)41)21(17-5-7-28(31,32)8-6-17)25-36-19-4-3-18(22(30)23(19)37-25)27(9-11-42-12-10-27)26(39)38-13-29(33,34)14-38/h3-4,17,21H,5-14H2,1-2H3,(H,36,37)(H2,35,40,41)/t21-/m0/s1. The van der Waals surface area contributed by atoms with Crippen molar-refractivity contribution < 1.29 is 44.3 Å². The van der Waals surface area contributed by atoms with E-state index < -0.39 is 76.8 Å². The van der Waals surface area contributed by atoms with Crippen molar-refractivity contribution in [3.05, 3.63) is 46.4 Å². The van der Waals surface area contributed by atoms with Crippen LogP contribution in [-0.4, -0.2) is 67.3 Å². The zero-order valence-electron chi connectivity index (χ0n) is 24.2. The molecule has 1 atom stereocenters. The third-order valence-electron chi connectivity index (χ3n) is 9.39. The highest BCUT2D eigenvalue weighted by atomic mass is 32.2. The van der Waals surface area contributed by atoms with E-state index in [0.717, 1.165) is 4.90 Å². The molecule has 1 aromatic carbocycles. The summed E-state index contributed by atoms with van der Waals surface area (Å²) in [5.74, 6) is -8.34. The van der Waals surface area contributed by atoms with Gasteiger partial charge in [0.1, 0.15) is 27.8 Å². The van der Waals surface area contributed by atoms with Crippen molar-refractivity contribution in [1.29, 1.82) is 0 Å². The number of H-pyrrole nitrogens is 1. The topological polar surface area (TPSA) is 132 Å². The number of furan rings is 1. The quantitative estimate of drug-likeness (QED) is 0.362. The summed E-state index contributed by atoms with van der Waals surface area (Å²) in [6.07, 6.45) is -0.608. The van der Waals surface area contributed by atoms with E-state index in [2.05, 4.69) is 9.97 Å². The summed E-state index contributed by atoms with van der Waals surface area (Å²) in [5, 5.41) is 5.57. The molecule has 15 heteroatoms. The van der Waals surface area contributed by atoms with E-state index in [1.807, 2.05) is 0 Å². The number of likely N-dealkylation sites (tertiary alicyclic amines) is 1. The minimum atomic E-state index is -4.31. The second kappa shape index (κ2) is 10.5. The van der Waals surface area contributed by atoms with Gasteiger partial charge in [-0.3, -0.25) is 4.79 Å². The number of halogens is 5. The first kappa shape index (κ1) is 31.0. The Hall–Kier alpha value is -3.04. The number of fused-ring (bicyclic) bond motifs is 1. The molecule has 2 saturated heterocycles. The minimum absolute atomic E-state index is 0.000913. The molecule has 0 bridgehead atoms. The van der Waals surface area contributed by atoms with Crippen LogP contribution in [0.4, 0.5) is 22.0 Å². The number of ether oxygens (including phenoxy) is 1. The van der Waals surface area contributed by atoms with E-state index in [1.54, 1.807) is 6.92 Å². The molecule has 44 heavy (non-hydrogen) atoms. The normalized spacial score (nSPS) is 22.6. The molecule has 0 spiro atoms. The number of primary sulfonamides is 1. The number of hydrogen-bond donors (Lipinski definition) is 2. The van der Waals surface area contributed by atoms with E-state index in [1.165, 1.54) is 19.1 Å². The summed E-state index contributed by atoms with van der Waals surface area (Å²) < 4.78 is 109. The van der Waals surface area contributed by atoms with Gasteiger partial charge in [-0.05, 0) is 51.5 Å². The number of nitrogens with two attached hydrogens (primary N) is 1. The van der Waals surface area contributed by atoms with Crippen LogP contribution in [0, 0.1) is 25.6 Å². The van der Waals surface area contributed by atoms with Crippen molar-refractivity contribution in [2.75, 3.05) is 26.3 Å². The average Bonchev–Trinajstić information content (AvgIpc) is 3.49. The summed E-state index contributed by atoms with van der Waals surface area (Å²) in [6.45, 7) is 1.74. The first-order valence-electron chi connectivity index (χ1n) is 14.5. The number of nitrogens with zero attached hydrogens (tertiary/aromatic N) is 2.